The lowest BCUT2D eigenvalue weighted by molar-refractivity contribution is -0.136. The fourth-order valence-corrected chi connectivity index (χ4v) is 3.00. The summed E-state index contributed by atoms with van der Waals surface area (Å²) in [6.45, 7) is 1.25. The molecular formula is C12H12FNO5S. The lowest BCUT2D eigenvalue weighted by Gasteiger charge is -2.03. The van der Waals surface area contributed by atoms with Crippen LogP contribution in [0.1, 0.15) is 12.0 Å². The number of carboxylic acid groups (broad SMARTS) is 1. The van der Waals surface area contributed by atoms with Gasteiger partial charge in [0.1, 0.15) is 11.4 Å². The molecule has 2 rings (SSSR count). The Morgan fingerprint density at radius 3 is 2.80 bits per heavy atom. The summed E-state index contributed by atoms with van der Waals surface area (Å²) in [4.78, 5) is 10.4. The predicted molar refractivity (Wildman–Crippen MR) is 68.4 cm³/mol. The number of nitrogens with one attached hydrogen (secondary N) is 1. The molecule has 0 fully saturated rings. The van der Waals surface area contributed by atoms with E-state index in [0.717, 1.165) is 0 Å². The van der Waals surface area contributed by atoms with Gasteiger partial charge in [-0.25, -0.2) is 17.5 Å². The monoisotopic (exact) mass is 301 g/mol. The van der Waals surface area contributed by atoms with Gasteiger partial charge in [0.05, 0.1) is 6.42 Å². The molecule has 108 valence electrons. The van der Waals surface area contributed by atoms with Crippen molar-refractivity contribution in [2.45, 2.75) is 18.4 Å². The maximum Gasteiger partial charge on any atom is 0.304 e. The van der Waals surface area contributed by atoms with Crippen LogP contribution in [0.5, 0.6) is 0 Å². The normalized spacial score (nSPS) is 11.9. The lowest BCUT2D eigenvalue weighted by atomic mass is 10.2. The molecule has 0 aliphatic rings. The fourth-order valence-electron chi connectivity index (χ4n) is 1.78. The number of halogens is 1. The van der Waals surface area contributed by atoms with Gasteiger partial charge in [0.15, 0.2) is 0 Å². The van der Waals surface area contributed by atoms with Gasteiger partial charge in [-0.2, -0.15) is 0 Å². The molecule has 0 saturated carbocycles. The number of benzene rings is 1. The second-order valence-corrected chi connectivity index (χ2v) is 5.86. The van der Waals surface area contributed by atoms with E-state index in [-0.39, 0.29) is 29.2 Å². The molecule has 0 amide bonds. The zero-order valence-electron chi connectivity index (χ0n) is 10.5. The third-order valence-corrected chi connectivity index (χ3v) is 4.19. The zero-order chi connectivity index (χ0) is 14.9. The first kappa shape index (κ1) is 14.5. The van der Waals surface area contributed by atoms with Crippen molar-refractivity contribution in [3.63, 3.8) is 0 Å². The minimum Gasteiger partial charge on any atom is -0.481 e. The third kappa shape index (κ3) is 2.81. The number of hydrogen-bond acceptors (Lipinski definition) is 4. The van der Waals surface area contributed by atoms with Crippen molar-refractivity contribution in [1.82, 2.24) is 4.72 Å². The number of rotatable bonds is 5. The Kier molecular flexibility index (Phi) is 3.78. The molecule has 0 saturated heterocycles. The number of hydrogen-bond donors (Lipinski definition) is 2. The third-order valence-electron chi connectivity index (χ3n) is 2.73. The molecule has 1 aromatic heterocycles. The summed E-state index contributed by atoms with van der Waals surface area (Å²) in [7, 11) is -3.96. The van der Waals surface area contributed by atoms with E-state index < -0.39 is 21.8 Å². The highest BCUT2D eigenvalue weighted by molar-refractivity contribution is 7.89. The average molecular weight is 301 g/mol. The summed E-state index contributed by atoms with van der Waals surface area (Å²) in [5.74, 6) is -1.61. The molecule has 8 heteroatoms. The molecule has 0 radical (unpaired) electrons. The van der Waals surface area contributed by atoms with Crippen molar-refractivity contribution in [2.24, 2.45) is 0 Å². The minimum atomic E-state index is -3.96. The highest BCUT2D eigenvalue weighted by atomic mass is 32.2. The maximum absolute atomic E-state index is 13.1. The van der Waals surface area contributed by atoms with Gasteiger partial charge < -0.3 is 9.52 Å². The Labute approximate surface area is 114 Å². The van der Waals surface area contributed by atoms with Gasteiger partial charge in [-0.1, -0.05) is 0 Å². The second kappa shape index (κ2) is 5.22. The van der Waals surface area contributed by atoms with Crippen LogP contribution in [0.25, 0.3) is 11.0 Å². The number of aliphatic carboxylic acids is 1. The molecule has 0 spiro atoms. The first-order valence-electron chi connectivity index (χ1n) is 5.71. The molecule has 1 heterocycles. The van der Waals surface area contributed by atoms with E-state index in [9.17, 15) is 17.6 Å². The first-order valence-corrected chi connectivity index (χ1v) is 7.19. The molecule has 1 aromatic carbocycles. The summed E-state index contributed by atoms with van der Waals surface area (Å²) in [5.41, 5.74) is 0.532. The van der Waals surface area contributed by atoms with Gasteiger partial charge in [0.2, 0.25) is 5.09 Å². The van der Waals surface area contributed by atoms with Crippen LogP contribution in [0, 0.1) is 12.7 Å². The molecule has 0 aliphatic heterocycles. The quantitative estimate of drug-likeness (QED) is 0.875. The number of sulfonamides is 1. The van der Waals surface area contributed by atoms with E-state index in [2.05, 4.69) is 4.72 Å². The largest absolute Gasteiger partial charge is 0.481 e. The lowest BCUT2D eigenvalue weighted by Crippen LogP contribution is -2.26. The molecule has 0 bridgehead atoms. The second-order valence-electron chi connectivity index (χ2n) is 4.20. The van der Waals surface area contributed by atoms with E-state index in [1.165, 1.54) is 25.1 Å². The van der Waals surface area contributed by atoms with Gasteiger partial charge >= 0.3 is 5.97 Å². The Morgan fingerprint density at radius 2 is 2.15 bits per heavy atom. The number of furan rings is 1. The molecule has 0 atom stereocenters. The van der Waals surface area contributed by atoms with Crippen LogP contribution in [-0.4, -0.2) is 26.0 Å². The molecular weight excluding hydrogens is 289 g/mol. The van der Waals surface area contributed by atoms with Gasteiger partial charge in [-0.3, -0.25) is 4.79 Å². The van der Waals surface area contributed by atoms with E-state index in [4.69, 9.17) is 9.52 Å². The Balaban J connectivity index is 2.37. The van der Waals surface area contributed by atoms with Crippen molar-refractivity contribution in [3.8, 4) is 0 Å². The van der Waals surface area contributed by atoms with Crippen molar-refractivity contribution in [1.29, 1.82) is 0 Å². The zero-order valence-corrected chi connectivity index (χ0v) is 11.3. The van der Waals surface area contributed by atoms with Crippen LogP contribution in [0.2, 0.25) is 0 Å². The summed E-state index contributed by atoms with van der Waals surface area (Å²) in [5, 5.41) is 8.51. The minimum absolute atomic E-state index is 0.248. The Morgan fingerprint density at radius 1 is 1.45 bits per heavy atom. The Hall–Kier alpha value is -1.93. The highest BCUT2D eigenvalue weighted by Crippen LogP contribution is 2.28. The van der Waals surface area contributed by atoms with Crippen molar-refractivity contribution in [2.75, 3.05) is 6.54 Å². The van der Waals surface area contributed by atoms with Crippen LogP contribution in [-0.2, 0) is 14.8 Å². The summed E-state index contributed by atoms with van der Waals surface area (Å²) in [6, 6.07) is 3.69. The maximum atomic E-state index is 13.1. The van der Waals surface area contributed by atoms with Crippen molar-refractivity contribution >= 4 is 27.0 Å². The Bertz CT molecular complexity index is 765. The number of aryl methyl sites for hydroxylation is 1. The van der Waals surface area contributed by atoms with Crippen LogP contribution in [0.3, 0.4) is 0 Å². The van der Waals surface area contributed by atoms with Crippen LogP contribution in [0.4, 0.5) is 4.39 Å². The molecule has 0 aliphatic carbocycles. The SMILES string of the molecule is Cc1c(S(=O)(=O)NCCC(=O)O)oc2ccc(F)cc12. The van der Waals surface area contributed by atoms with Gasteiger partial charge in [-0.05, 0) is 25.1 Å². The predicted octanol–water partition coefficient (Wildman–Crippen LogP) is 1.63. The standard InChI is InChI=1S/C12H12FNO5S/c1-7-9-6-8(13)2-3-10(9)19-12(7)20(17,18)14-5-4-11(15)16/h2-3,6,14H,4-5H2,1H3,(H,15,16). The number of fused-ring (bicyclic) bond motifs is 1. The number of carboxylic acids is 1. The molecule has 0 unspecified atom stereocenters. The van der Waals surface area contributed by atoms with Gasteiger partial charge in [0, 0.05) is 17.5 Å². The van der Waals surface area contributed by atoms with Crippen molar-refractivity contribution in [3.05, 3.63) is 29.6 Å². The summed E-state index contributed by atoms with van der Waals surface area (Å²) in [6.07, 6.45) is -0.340. The summed E-state index contributed by atoms with van der Waals surface area (Å²) >= 11 is 0. The molecule has 6 nitrogen and oxygen atoms in total. The molecule has 20 heavy (non-hydrogen) atoms. The van der Waals surface area contributed by atoms with Gasteiger partial charge in [0.25, 0.3) is 10.0 Å². The topological polar surface area (TPSA) is 96.6 Å². The van der Waals surface area contributed by atoms with Crippen LogP contribution < -0.4 is 4.72 Å². The van der Waals surface area contributed by atoms with Crippen LogP contribution in [0.15, 0.2) is 27.7 Å². The van der Waals surface area contributed by atoms with Crippen molar-refractivity contribution < 1.29 is 27.1 Å². The fraction of sp³-hybridized carbons (Fsp3) is 0.250. The van der Waals surface area contributed by atoms with E-state index in [0.29, 0.717) is 5.39 Å². The average Bonchev–Trinajstić information content (AvgIpc) is 2.67. The van der Waals surface area contributed by atoms with E-state index in [1.54, 1.807) is 0 Å². The molecule has 2 aromatic rings. The molecule has 2 N–H and O–H groups in total. The van der Waals surface area contributed by atoms with Gasteiger partial charge in [-0.15, -0.1) is 0 Å². The van der Waals surface area contributed by atoms with Crippen LogP contribution >= 0.6 is 0 Å². The highest BCUT2D eigenvalue weighted by Gasteiger charge is 2.23. The van der Waals surface area contributed by atoms with E-state index >= 15 is 0 Å². The first-order chi connectivity index (χ1) is 9.31. The van der Waals surface area contributed by atoms with E-state index in [1.807, 2.05) is 0 Å². The summed E-state index contributed by atoms with van der Waals surface area (Å²) < 4.78 is 44.5. The smallest absolute Gasteiger partial charge is 0.304 e. The number of carbonyl (C=O) groups is 1.